The van der Waals surface area contributed by atoms with Crippen LogP contribution in [0.15, 0.2) is 47.3 Å². The minimum atomic E-state index is -0.136. The van der Waals surface area contributed by atoms with Gasteiger partial charge in [-0.15, -0.1) is 0 Å². The van der Waals surface area contributed by atoms with E-state index in [1.165, 1.54) is 11.6 Å². The summed E-state index contributed by atoms with van der Waals surface area (Å²) < 4.78 is 18.4. The van der Waals surface area contributed by atoms with Crippen molar-refractivity contribution in [1.82, 2.24) is 9.80 Å². The van der Waals surface area contributed by atoms with Gasteiger partial charge in [0.1, 0.15) is 5.82 Å². The molecule has 0 spiro atoms. The van der Waals surface area contributed by atoms with Crippen LogP contribution < -0.4 is 0 Å². The molecule has 2 fully saturated rings. The van der Waals surface area contributed by atoms with Crippen molar-refractivity contribution in [2.75, 3.05) is 26.2 Å². The fraction of sp³-hybridized carbons (Fsp3) is 0.444. The molecule has 2 aromatic rings. The Labute approximate surface area is 130 Å². The summed E-state index contributed by atoms with van der Waals surface area (Å²) in [6.45, 7) is 6.44. The highest BCUT2D eigenvalue weighted by molar-refractivity contribution is 5.16. The predicted molar refractivity (Wildman–Crippen MR) is 82.6 cm³/mol. The van der Waals surface area contributed by atoms with Crippen LogP contribution in [0.4, 0.5) is 4.39 Å². The molecule has 1 aromatic heterocycles. The van der Waals surface area contributed by atoms with Crippen LogP contribution in [-0.2, 0) is 13.1 Å². The van der Waals surface area contributed by atoms with Crippen molar-refractivity contribution in [1.29, 1.82) is 0 Å². The van der Waals surface area contributed by atoms with Crippen LogP contribution in [0.25, 0.3) is 0 Å². The lowest BCUT2D eigenvalue weighted by Crippen LogP contribution is -2.28. The van der Waals surface area contributed by atoms with Gasteiger partial charge in [0.25, 0.3) is 0 Å². The van der Waals surface area contributed by atoms with E-state index in [0.29, 0.717) is 0 Å². The van der Waals surface area contributed by atoms with E-state index >= 15 is 0 Å². The first kappa shape index (κ1) is 14.0. The van der Waals surface area contributed by atoms with Crippen molar-refractivity contribution in [3.63, 3.8) is 0 Å². The highest BCUT2D eigenvalue weighted by Crippen LogP contribution is 2.32. The molecule has 4 rings (SSSR count). The van der Waals surface area contributed by atoms with Gasteiger partial charge in [0, 0.05) is 44.8 Å². The highest BCUT2D eigenvalue weighted by atomic mass is 19.1. The number of furan rings is 1. The Morgan fingerprint density at radius 2 is 1.64 bits per heavy atom. The van der Waals surface area contributed by atoms with E-state index in [1.54, 1.807) is 18.4 Å². The third kappa shape index (κ3) is 2.94. The average molecular weight is 300 g/mol. The van der Waals surface area contributed by atoms with E-state index in [9.17, 15) is 4.39 Å². The summed E-state index contributed by atoms with van der Waals surface area (Å²) in [7, 11) is 0. The predicted octanol–water partition coefficient (Wildman–Crippen LogP) is 2.98. The standard InChI is InChI=1S/C18H21FN2O/c19-18-3-1-2-14(6-18)7-20-9-16-11-21(12-17(16)10-20)8-15-4-5-22-13-15/h1-6,13,16-17H,7-12H2/t16-,17-/m0/s1. The second-order valence-corrected chi connectivity index (χ2v) is 6.67. The number of benzene rings is 1. The molecule has 3 heterocycles. The van der Waals surface area contributed by atoms with Gasteiger partial charge in [0.2, 0.25) is 0 Å². The van der Waals surface area contributed by atoms with Crippen LogP contribution in [0.2, 0.25) is 0 Å². The molecular formula is C18H21FN2O. The van der Waals surface area contributed by atoms with Crippen LogP contribution in [0.3, 0.4) is 0 Å². The molecule has 0 bridgehead atoms. The van der Waals surface area contributed by atoms with Gasteiger partial charge in [-0.1, -0.05) is 12.1 Å². The summed E-state index contributed by atoms with van der Waals surface area (Å²) in [6, 6.07) is 9.02. The topological polar surface area (TPSA) is 19.6 Å². The molecule has 22 heavy (non-hydrogen) atoms. The molecule has 0 radical (unpaired) electrons. The highest BCUT2D eigenvalue weighted by Gasteiger charge is 2.39. The molecule has 2 saturated heterocycles. The number of hydrogen-bond donors (Lipinski definition) is 0. The van der Waals surface area contributed by atoms with Crippen molar-refractivity contribution in [2.24, 2.45) is 11.8 Å². The number of fused-ring (bicyclic) bond motifs is 1. The molecular weight excluding hydrogens is 279 g/mol. The summed E-state index contributed by atoms with van der Waals surface area (Å²) in [5.74, 6) is 1.36. The van der Waals surface area contributed by atoms with E-state index in [1.807, 2.05) is 18.4 Å². The van der Waals surface area contributed by atoms with Crippen LogP contribution in [0.5, 0.6) is 0 Å². The smallest absolute Gasteiger partial charge is 0.123 e. The molecule has 1 aromatic carbocycles. The zero-order valence-electron chi connectivity index (χ0n) is 12.6. The van der Waals surface area contributed by atoms with Gasteiger partial charge >= 0.3 is 0 Å². The summed E-state index contributed by atoms with van der Waals surface area (Å²) >= 11 is 0. The number of hydrogen-bond acceptors (Lipinski definition) is 3. The van der Waals surface area contributed by atoms with E-state index in [4.69, 9.17) is 4.42 Å². The second kappa shape index (κ2) is 5.86. The van der Waals surface area contributed by atoms with Gasteiger partial charge in [-0.2, -0.15) is 0 Å². The van der Waals surface area contributed by atoms with Crippen LogP contribution >= 0.6 is 0 Å². The Bertz CT molecular complexity index is 614. The maximum absolute atomic E-state index is 13.3. The van der Waals surface area contributed by atoms with Crippen molar-refractivity contribution >= 4 is 0 Å². The summed E-state index contributed by atoms with van der Waals surface area (Å²) in [6.07, 6.45) is 3.58. The van der Waals surface area contributed by atoms with Crippen molar-refractivity contribution < 1.29 is 8.81 Å². The third-order valence-electron chi connectivity index (χ3n) is 4.92. The van der Waals surface area contributed by atoms with Crippen molar-refractivity contribution in [3.8, 4) is 0 Å². The lowest BCUT2D eigenvalue weighted by Gasteiger charge is -2.21. The number of likely N-dealkylation sites (tertiary alicyclic amines) is 2. The molecule has 0 aliphatic carbocycles. The second-order valence-electron chi connectivity index (χ2n) is 6.67. The molecule has 2 aliphatic rings. The van der Waals surface area contributed by atoms with Gasteiger partial charge in [-0.3, -0.25) is 9.80 Å². The van der Waals surface area contributed by atoms with Crippen molar-refractivity contribution in [3.05, 3.63) is 59.8 Å². The Balaban J connectivity index is 1.32. The number of halogens is 1. The fourth-order valence-corrected chi connectivity index (χ4v) is 3.98. The lowest BCUT2D eigenvalue weighted by atomic mass is 10.0. The zero-order valence-corrected chi connectivity index (χ0v) is 12.6. The van der Waals surface area contributed by atoms with E-state index in [-0.39, 0.29) is 5.82 Å². The van der Waals surface area contributed by atoms with Gasteiger partial charge < -0.3 is 4.42 Å². The molecule has 0 amide bonds. The Kier molecular flexibility index (Phi) is 3.72. The Hall–Kier alpha value is -1.65. The van der Waals surface area contributed by atoms with Crippen LogP contribution in [-0.4, -0.2) is 36.0 Å². The first-order valence-electron chi connectivity index (χ1n) is 7.96. The van der Waals surface area contributed by atoms with Gasteiger partial charge in [0.05, 0.1) is 12.5 Å². The molecule has 3 nitrogen and oxygen atoms in total. The molecule has 2 atom stereocenters. The first-order chi connectivity index (χ1) is 10.8. The maximum Gasteiger partial charge on any atom is 0.123 e. The van der Waals surface area contributed by atoms with Crippen molar-refractivity contribution in [2.45, 2.75) is 13.1 Å². The first-order valence-corrected chi connectivity index (χ1v) is 7.96. The number of rotatable bonds is 4. The van der Waals surface area contributed by atoms with E-state index in [0.717, 1.165) is 56.7 Å². The van der Waals surface area contributed by atoms with E-state index in [2.05, 4.69) is 9.80 Å². The minimum absolute atomic E-state index is 0.136. The van der Waals surface area contributed by atoms with Gasteiger partial charge in [-0.25, -0.2) is 4.39 Å². The Morgan fingerprint density at radius 1 is 0.955 bits per heavy atom. The molecule has 4 heteroatoms. The molecule has 0 saturated carbocycles. The van der Waals surface area contributed by atoms with Crippen LogP contribution in [0, 0.1) is 17.7 Å². The average Bonchev–Trinajstić information content (AvgIpc) is 3.16. The monoisotopic (exact) mass is 300 g/mol. The number of nitrogens with zero attached hydrogens (tertiary/aromatic N) is 2. The van der Waals surface area contributed by atoms with Gasteiger partial charge in [0.15, 0.2) is 0 Å². The lowest BCUT2D eigenvalue weighted by molar-refractivity contribution is 0.246. The van der Waals surface area contributed by atoms with Crippen LogP contribution in [0.1, 0.15) is 11.1 Å². The molecule has 2 aliphatic heterocycles. The summed E-state index contributed by atoms with van der Waals surface area (Å²) in [5, 5.41) is 0. The molecule has 0 unspecified atom stereocenters. The van der Waals surface area contributed by atoms with E-state index < -0.39 is 0 Å². The summed E-state index contributed by atoms with van der Waals surface area (Å²) in [5.41, 5.74) is 2.34. The zero-order chi connectivity index (χ0) is 14.9. The van der Waals surface area contributed by atoms with Gasteiger partial charge in [-0.05, 0) is 35.6 Å². The molecule has 0 N–H and O–H groups in total. The summed E-state index contributed by atoms with van der Waals surface area (Å²) in [4.78, 5) is 5.00. The third-order valence-corrected chi connectivity index (χ3v) is 4.92. The minimum Gasteiger partial charge on any atom is -0.472 e. The normalized spacial score (nSPS) is 25.7. The molecule has 116 valence electrons. The quantitative estimate of drug-likeness (QED) is 0.865. The maximum atomic E-state index is 13.3. The fourth-order valence-electron chi connectivity index (χ4n) is 3.98. The Morgan fingerprint density at radius 3 is 2.23 bits per heavy atom. The largest absolute Gasteiger partial charge is 0.472 e. The SMILES string of the molecule is Fc1cccc(CN2C[C@H]3CN(Cc4ccoc4)C[C@@H]3C2)c1.